The predicted octanol–water partition coefficient (Wildman–Crippen LogP) is 12.3. The molecule has 5 nitrogen and oxygen atoms in total. The second-order valence-electron chi connectivity index (χ2n) is 14.6. The van der Waals surface area contributed by atoms with Crippen molar-refractivity contribution in [3.63, 3.8) is 0 Å². The van der Waals surface area contributed by atoms with Crippen molar-refractivity contribution in [2.75, 3.05) is 0 Å². The Kier molecular flexibility index (Phi) is 7.65. The van der Waals surface area contributed by atoms with Gasteiger partial charge in [0.1, 0.15) is 0 Å². The lowest BCUT2D eigenvalue weighted by molar-refractivity contribution is 0.590. The summed E-state index contributed by atoms with van der Waals surface area (Å²) in [5.74, 6) is 0.585. The minimum absolute atomic E-state index is 0.0377. The molecule has 49 heavy (non-hydrogen) atoms. The van der Waals surface area contributed by atoms with Crippen LogP contribution in [0.5, 0.6) is 0 Å². The standard InChI is InChI=1S/C44H37N5/c1-43(2,3)31-19-21-39-33(25-31)34-26-32(44(4,5)6)20-22-40(34)49(39)41-37(45-7)23-30(24-38(41)46-8)36-27-35(28-15-11-9-12-16-28)47-42(48-36)29-17-13-10-14-18-29/h9-27H,1-6H3. The lowest BCUT2D eigenvalue weighted by Crippen LogP contribution is -2.10. The Morgan fingerprint density at radius 3 is 1.41 bits per heavy atom. The Hall–Kier alpha value is -6.04. The molecular weight excluding hydrogens is 599 g/mol. The van der Waals surface area contributed by atoms with E-state index in [2.05, 4.69) is 92.2 Å². The molecular formula is C44H37N5. The van der Waals surface area contributed by atoms with E-state index in [1.54, 1.807) is 0 Å². The van der Waals surface area contributed by atoms with Crippen molar-refractivity contribution >= 4 is 33.2 Å². The molecule has 0 saturated heterocycles. The molecule has 0 unspecified atom stereocenters. The van der Waals surface area contributed by atoms with E-state index in [0.29, 0.717) is 34.1 Å². The summed E-state index contributed by atoms with van der Waals surface area (Å²) >= 11 is 0. The highest BCUT2D eigenvalue weighted by Gasteiger charge is 2.24. The summed E-state index contributed by atoms with van der Waals surface area (Å²) in [4.78, 5) is 18.0. The second kappa shape index (κ2) is 11.9. The molecule has 0 fully saturated rings. The summed E-state index contributed by atoms with van der Waals surface area (Å²) in [5.41, 5.74) is 9.68. The van der Waals surface area contributed by atoms with Crippen molar-refractivity contribution in [2.45, 2.75) is 52.4 Å². The molecule has 7 rings (SSSR count). The van der Waals surface area contributed by atoms with E-state index >= 15 is 0 Å². The summed E-state index contributed by atoms with van der Waals surface area (Å²) in [7, 11) is 0. The van der Waals surface area contributed by atoms with Gasteiger partial charge in [-0.1, -0.05) is 114 Å². The SMILES string of the molecule is [C-]#[N+]c1cc(-c2cc(-c3ccccc3)nc(-c3ccccc3)n2)cc([N+]#[C-])c1-n1c2ccc(C(C)(C)C)cc2c2cc(C(C)(C)C)ccc21. The largest absolute Gasteiger partial charge is 0.329 e. The maximum Gasteiger partial charge on any atom is 0.200 e. The van der Waals surface area contributed by atoms with Gasteiger partial charge in [0, 0.05) is 21.9 Å². The molecule has 0 aliphatic rings. The third kappa shape index (κ3) is 5.75. The zero-order valence-electron chi connectivity index (χ0n) is 28.7. The molecule has 5 heteroatoms. The van der Waals surface area contributed by atoms with Crippen LogP contribution in [0.2, 0.25) is 0 Å². The van der Waals surface area contributed by atoms with Crippen molar-refractivity contribution in [1.82, 2.24) is 14.5 Å². The third-order valence-electron chi connectivity index (χ3n) is 9.15. The van der Waals surface area contributed by atoms with Crippen molar-refractivity contribution in [3.8, 4) is 39.6 Å². The van der Waals surface area contributed by atoms with Crippen LogP contribution in [0.15, 0.2) is 115 Å². The van der Waals surface area contributed by atoms with Crippen molar-refractivity contribution in [3.05, 3.63) is 149 Å². The Morgan fingerprint density at radius 1 is 0.510 bits per heavy atom. The Labute approximate surface area is 288 Å². The minimum Gasteiger partial charge on any atom is -0.329 e. The van der Waals surface area contributed by atoms with Gasteiger partial charge in [-0.05, 0) is 70.0 Å². The molecule has 0 aliphatic carbocycles. The number of rotatable bonds is 4. The van der Waals surface area contributed by atoms with Gasteiger partial charge in [0.05, 0.1) is 41.3 Å². The molecule has 0 N–H and O–H groups in total. The number of nitrogens with zero attached hydrogens (tertiary/aromatic N) is 5. The van der Waals surface area contributed by atoms with E-state index in [9.17, 15) is 0 Å². The fourth-order valence-corrected chi connectivity index (χ4v) is 6.42. The number of fused-ring (bicyclic) bond motifs is 3. The Morgan fingerprint density at radius 2 is 0.959 bits per heavy atom. The quantitative estimate of drug-likeness (QED) is 0.181. The van der Waals surface area contributed by atoms with Gasteiger partial charge in [-0.15, -0.1) is 0 Å². The molecule has 0 amide bonds. The van der Waals surface area contributed by atoms with Gasteiger partial charge in [-0.2, -0.15) is 0 Å². The van der Waals surface area contributed by atoms with E-state index in [-0.39, 0.29) is 10.8 Å². The zero-order valence-corrected chi connectivity index (χ0v) is 28.7. The molecule has 0 saturated carbocycles. The third-order valence-corrected chi connectivity index (χ3v) is 9.15. The molecule has 0 bridgehead atoms. The summed E-state index contributed by atoms with van der Waals surface area (Å²) < 4.78 is 2.11. The highest BCUT2D eigenvalue weighted by molar-refractivity contribution is 6.11. The van der Waals surface area contributed by atoms with Gasteiger partial charge in [-0.25, -0.2) is 19.7 Å². The molecule has 238 valence electrons. The molecule has 0 aliphatic heterocycles. The van der Waals surface area contributed by atoms with E-state index in [1.165, 1.54) is 11.1 Å². The normalized spacial score (nSPS) is 11.8. The van der Waals surface area contributed by atoms with Crippen LogP contribution in [0.4, 0.5) is 11.4 Å². The molecule has 0 spiro atoms. The van der Waals surface area contributed by atoms with Gasteiger partial charge in [0.25, 0.3) is 0 Å². The first-order valence-electron chi connectivity index (χ1n) is 16.5. The van der Waals surface area contributed by atoms with Crippen LogP contribution in [0, 0.1) is 13.1 Å². The Bertz CT molecular complexity index is 2300. The van der Waals surface area contributed by atoms with E-state index < -0.39 is 0 Å². The number of aromatic nitrogens is 3. The van der Waals surface area contributed by atoms with Crippen molar-refractivity contribution in [2.24, 2.45) is 0 Å². The van der Waals surface area contributed by atoms with Gasteiger partial charge in [-0.3, -0.25) is 0 Å². The monoisotopic (exact) mass is 635 g/mol. The lowest BCUT2D eigenvalue weighted by atomic mass is 9.85. The second-order valence-corrected chi connectivity index (χ2v) is 14.6. The molecule has 0 atom stereocenters. The average molecular weight is 636 g/mol. The van der Waals surface area contributed by atoms with E-state index in [1.807, 2.05) is 78.9 Å². The van der Waals surface area contributed by atoms with Crippen LogP contribution in [-0.2, 0) is 10.8 Å². The topological polar surface area (TPSA) is 39.4 Å². The summed E-state index contributed by atoms with van der Waals surface area (Å²) in [6.07, 6.45) is 0. The summed E-state index contributed by atoms with van der Waals surface area (Å²) in [6.45, 7) is 30.1. The summed E-state index contributed by atoms with van der Waals surface area (Å²) in [5, 5.41) is 2.22. The molecule has 2 aromatic heterocycles. The van der Waals surface area contributed by atoms with Crippen LogP contribution in [-0.4, -0.2) is 14.5 Å². The van der Waals surface area contributed by atoms with Gasteiger partial charge in [0.15, 0.2) is 5.82 Å². The predicted molar refractivity (Wildman–Crippen MR) is 203 cm³/mol. The molecule has 2 heterocycles. The van der Waals surface area contributed by atoms with Crippen LogP contribution in [0.1, 0.15) is 52.7 Å². The summed E-state index contributed by atoms with van der Waals surface area (Å²) in [6, 6.07) is 38.8. The first kappa shape index (κ1) is 31.6. The van der Waals surface area contributed by atoms with Gasteiger partial charge >= 0.3 is 0 Å². The smallest absolute Gasteiger partial charge is 0.200 e. The van der Waals surface area contributed by atoms with E-state index in [4.69, 9.17) is 23.1 Å². The van der Waals surface area contributed by atoms with Gasteiger partial charge in [0.2, 0.25) is 11.4 Å². The zero-order chi connectivity index (χ0) is 34.5. The molecule has 0 radical (unpaired) electrons. The number of benzene rings is 5. The van der Waals surface area contributed by atoms with Crippen LogP contribution in [0.3, 0.4) is 0 Å². The fraction of sp³-hybridized carbons (Fsp3) is 0.182. The number of hydrogen-bond acceptors (Lipinski definition) is 2. The first-order valence-corrected chi connectivity index (χ1v) is 16.5. The highest BCUT2D eigenvalue weighted by atomic mass is 15.0. The molecule has 7 aromatic rings. The first-order chi connectivity index (χ1) is 23.5. The van der Waals surface area contributed by atoms with Crippen LogP contribution in [0.25, 0.3) is 71.1 Å². The molecule has 5 aromatic carbocycles. The van der Waals surface area contributed by atoms with Gasteiger partial charge < -0.3 is 4.57 Å². The van der Waals surface area contributed by atoms with Crippen LogP contribution < -0.4 is 0 Å². The highest BCUT2D eigenvalue weighted by Crippen LogP contribution is 2.44. The lowest BCUT2D eigenvalue weighted by Gasteiger charge is -2.19. The maximum atomic E-state index is 8.40. The Balaban J connectivity index is 1.50. The van der Waals surface area contributed by atoms with Crippen LogP contribution >= 0.6 is 0 Å². The maximum absolute atomic E-state index is 8.40. The van der Waals surface area contributed by atoms with Crippen molar-refractivity contribution < 1.29 is 0 Å². The number of hydrogen-bond donors (Lipinski definition) is 0. The van der Waals surface area contributed by atoms with E-state index in [0.717, 1.165) is 38.6 Å². The fourth-order valence-electron chi connectivity index (χ4n) is 6.42. The van der Waals surface area contributed by atoms with Crippen molar-refractivity contribution in [1.29, 1.82) is 0 Å². The average Bonchev–Trinajstić information content (AvgIpc) is 3.43. The minimum atomic E-state index is -0.0377.